The number of pyridine rings is 8. The second-order valence-corrected chi connectivity index (χ2v) is 32.6. The third kappa shape index (κ3) is 27.4. The van der Waals surface area contributed by atoms with Gasteiger partial charge in [-0.1, -0.05) is 352 Å². The standard InChI is InChI=1S/3C34H22N2O.C25H20N2O.4Pd/c1-3-9-25(10-4-1)27-17-19-35-33(23-27)29-13-7-15-31(21-29)37-32-16-8-14-30(22-32)34-24-28(18-20-36-34)26-11-5-2-6-12-26;1-3-10-25(11-4-1)27-17-19-36-34(24-27)28-14-9-15-31(21-28)37-32-22-29(26-12-5-2-6-13-26)20-30(23-32)33-16-7-8-18-35-33;1-3-10-25(11-4-1)27-17-19-36-34(24-27)30-20-29(26-12-5-2-6-13-26)22-32(23-30)37-31-15-9-14-28(21-31)33-16-7-8-18-35-33;1-17-7-9-27-25(14-17)21-11-19(3)13-23(16-21)28-22-12-18(2)10-20(15-22)24-6-4-5-8-26-24;;;;/h1-20,23-24H;2*1-20,22,24H;4-14H,1-3H3;;;;/q4*-2;4*+2. The summed E-state index contributed by atoms with van der Waals surface area (Å²) in [6, 6.07) is 166. The molecule has 22 aromatic rings. The zero-order valence-corrected chi connectivity index (χ0v) is 83.6. The molecule has 0 saturated heterocycles. The Hall–Kier alpha value is -15.9. The largest absolute Gasteiger partial charge is 2.00 e. The summed E-state index contributed by atoms with van der Waals surface area (Å²) < 4.78 is 24.9. The monoisotopic (exact) mass is 2210 g/mol. The van der Waals surface area contributed by atoms with Crippen LogP contribution in [0.1, 0.15) is 16.7 Å². The van der Waals surface area contributed by atoms with E-state index in [9.17, 15) is 0 Å². The molecule has 16 heteroatoms. The number of ether oxygens (including phenoxy) is 4. The number of benzene rings is 14. The van der Waals surface area contributed by atoms with E-state index in [-0.39, 0.29) is 81.7 Å². The number of nitrogens with zero attached hydrogens (tertiary/aromatic N) is 8. The molecule has 698 valence electrons. The van der Waals surface area contributed by atoms with Gasteiger partial charge in [-0.05, 0) is 157 Å². The van der Waals surface area contributed by atoms with E-state index in [0.29, 0.717) is 46.0 Å². The first-order valence-electron chi connectivity index (χ1n) is 45.4. The molecule has 0 aliphatic heterocycles. The first-order valence-corrected chi connectivity index (χ1v) is 45.4. The second kappa shape index (κ2) is 50.3. The van der Waals surface area contributed by atoms with Crippen molar-refractivity contribution in [1.82, 2.24) is 39.9 Å². The van der Waals surface area contributed by atoms with Crippen molar-refractivity contribution in [2.45, 2.75) is 20.8 Å². The summed E-state index contributed by atoms with van der Waals surface area (Å²) in [5.74, 6) is 4.88. The van der Waals surface area contributed by atoms with Gasteiger partial charge in [-0.25, -0.2) is 0 Å². The molecular weight excluding hydrogens is 2130 g/mol. The summed E-state index contributed by atoms with van der Waals surface area (Å²) in [5, 5.41) is 0. The predicted molar refractivity (Wildman–Crippen MR) is 555 cm³/mol. The molecule has 8 aromatic heterocycles. The van der Waals surface area contributed by atoms with Crippen LogP contribution in [-0.4, -0.2) is 39.9 Å². The van der Waals surface area contributed by atoms with Crippen LogP contribution in [0.5, 0.6) is 46.0 Å². The van der Waals surface area contributed by atoms with Crippen molar-refractivity contribution < 1.29 is 101 Å². The maximum Gasteiger partial charge on any atom is 2.00 e. The van der Waals surface area contributed by atoms with Crippen molar-refractivity contribution in [1.29, 1.82) is 0 Å². The van der Waals surface area contributed by atoms with Crippen molar-refractivity contribution in [2.24, 2.45) is 0 Å². The van der Waals surface area contributed by atoms with E-state index in [4.69, 9.17) is 18.9 Å². The fourth-order valence-electron chi connectivity index (χ4n) is 15.7. The van der Waals surface area contributed by atoms with Crippen molar-refractivity contribution in [3.8, 4) is 203 Å². The van der Waals surface area contributed by atoms with Gasteiger partial charge in [0.1, 0.15) is 0 Å². The third-order valence-corrected chi connectivity index (χ3v) is 22.4. The zero-order chi connectivity index (χ0) is 94.1. The maximum absolute atomic E-state index is 6.31. The predicted octanol–water partition coefficient (Wildman–Crippen LogP) is 31.7. The smallest absolute Gasteiger partial charge is 0.497 e. The number of hydrogen-bond donors (Lipinski definition) is 0. The molecule has 0 atom stereocenters. The summed E-state index contributed by atoms with van der Waals surface area (Å²) in [4.78, 5) is 36.2. The minimum absolute atomic E-state index is 0. The van der Waals surface area contributed by atoms with Gasteiger partial charge in [0.2, 0.25) is 0 Å². The molecule has 0 unspecified atom stereocenters. The Morgan fingerprint density at radius 3 is 0.671 bits per heavy atom. The minimum atomic E-state index is 0. The van der Waals surface area contributed by atoms with E-state index in [2.05, 4.69) is 217 Å². The van der Waals surface area contributed by atoms with Crippen LogP contribution >= 0.6 is 0 Å². The first kappa shape index (κ1) is 102. The van der Waals surface area contributed by atoms with Gasteiger partial charge in [0.05, 0.1) is 0 Å². The molecule has 0 fully saturated rings. The average molecular weight is 2210 g/mol. The van der Waals surface area contributed by atoms with E-state index in [1.807, 2.05) is 342 Å². The van der Waals surface area contributed by atoms with Crippen LogP contribution in [0.2, 0.25) is 0 Å². The molecule has 0 aliphatic rings. The van der Waals surface area contributed by atoms with Crippen molar-refractivity contribution in [3.63, 3.8) is 0 Å². The van der Waals surface area contributed by atoms with Crippen LogP contribution in [0.25, 0.3) is 157 Å². The zero-order valence-electron chi connectivity index (χ0n) is 77.4. The van der Waals surface area contributed by atoms with E-state index >= 15 is 0 Å². The molecule has 0 aliphatic carbocycles. The Morgan fingerprint density at radius 2 is 0.364 bits per heavy atom. The van der Waals surface area contributed by atoms with Gasteiger partial charge in [0.25, 0.3) is 0 Å². The van der Waals surface area contributed by atoms with Crippen molar-refractivity contribution >= 4 is 0 Å². The summed E-state index contributed by atoms with van der Waals surface area (Å²) in [6.07, 6.45) is 14.5. The molecule has 22 rings (SSSR count). The molecule has 0 spiro atoms. The fourth-order valence-corrected chi connectivity index (χ4v) is 15.7. The number of aromatic nitrogens is 8. The summed E-state index contributed by atoms with van der Waals surface area (Å²) >= 11 is 0. The molecule has 12 nitrogen and oxygen atoms in total. The van der Waals surface area contributed by atoms with E-state index < -0.39 is 0 Å². The molecular formula is C127H86N8O4Pd4. The second-order valence-electron chi connectivity index (χ2n) is 32.6. The van der Waals surface area contributed by atoms with Crippen LogP contribution in [0.15, 0.2) is 468 Å². The molecule has 14 aromatic carbocycles. The Bertz CT molecular complexity index is 7730. The summed E-state index contributed by atoms with van der Waals surface area (Å²) in [7, 11) is 0. The molecule has 0 amide bonds. The Kier molecular flexibility index (Phi) is 35.7. The van der Waals surface area contributed by atoms with Gasteiger partial charge in [0.15, 0.2) is 0 Å². The van der Waals surface area contributed by atoms with Gasteiger partial charge in [-0.2, -0.15) is 0 Å². The Balaban J connectivity index is 0.000000143. The van der Waals surface area contributed by atoms with Gasteiger partial charge >= 0.3 is 81.7 Å². The Morgan fingerprint density at radius 1 is 0.140 bits per heavy atom. The Labute approximate surface area is 889 Å². The normalized spacial score (nSPS) is 10.4. The topological polar surface area (TPSA) is 140 Å². The quantitative estimate of drug-likeness (QED) is 0.0471. The number of hydrogen-bond acceptors (Lipinski definition) is 12. The average Bonchev–Trinajstić information content (AvgIpc) is 0.801. The van der Waals surface area contributed by atoms with Crippen LogP contribution < -0.4 is 18.9 Å². The molecule has 0 N–H and O–H groups in total. The van der Waals surface area contributed by atoms with Crippen molar-refractivity contribution in [2.75, 3.05) is 0 Å². The van der Waals surface area contributed by atoms with Crippen LogP contribution in [0, 0.1) is 69.3 Å². The molecule has 0 saturated carbocycles. The molecule has 8 heterocycles. The fraction of sp³-hybridized carbons (Fsp3) is 0.0236. The van der Waals surface area contributed by atoms with Gasteiger partial charge in [-0.3, -0.25) is 0 Å². The SMILES string of the molecule is Cc1cc(Oc2[c-]c(-c3cc(C)ccn3)cc(C)c2)[c-]c(-c2ccccn2)c1.[Pd+2].[Pd+2].[Pd+2].[Pd+2].[c-]1c(Oc2[c-]c(-c3cc(-c4ccccc4)ccn3)cc(-c3ccccc3)c2)cccc1-c1ccccn1.[c-]1c(Oc2[c-]c(-c3cc(-c4ccccc4)ccn3)ccc2)cccc1-c1cc(-c2ccccc2)ccn1.[c-]1c(Oc2[c-]c(-c3ccccn3)cc(-c3ccccc3)c2)cccc1-c1cc(-c2ccccc2)ccn1. The van der Waals surface area contributed by atoms with E-state index in [0.717, 1.165) is 174 Å². The van der Waals surface area contributed by atoms with Gasteiger partial charge < -0.3 is 58.8 Å². The molecule has 0 bridgehead atoms. The summed E-state index contributed by atoms with van der Waals surface area (Å²) in [5.41, 5.74) is 30.4. The third-order valence-electron chi connectivity index (χ3n) is 22.4. The summed E-state index contributed by atoms with van der Waals surface area (Å²) in [6.45, 7) is 6.13. The maximum atomic E-state index is 6.31. The van der Waals surface area contributed by atoms with Crippen molar-refractivity contribution in [3.05, 3.63) is 533 Å². The van der Waals surface area contributed by atoms with E-state index in [1.165, 1.54) is 0 Å². The number of rotatable bonds is 22. The minimum Gasteiger partial charge on any atom is -0.497 e. The van der Waals surface area contributed by atoms with Crippen LogP contribution in [-0.2, 0) is 81.7 Å². The van der Waals surface area contributed by atoms with Gasteiger partial charge in [-0.15, -0.1) is 153 Å². The van der Waals surface area contributed by atoms with Crippen LogP contribution in [0.3, 0.4) is 0 Å². The number of aryl methyl sites for hydroxylation is 3. The molecule has 143 heavy (non-hydrogen) atoms. The first-order chi connectivity index (χ1) is 68.5. The molecule has 0 radical (unpaired) electrons. The van der Waals surface area contributed by atoms with Gasteiger partial charge in [0, 0.05) is 95.6 Å². The van der Waals surface area contributed by atoms with E-state index in [1.54, 1.807) is 18.6 Å². The van der Waals surface area contributed by atoms with Crippen LogP contribution in [0.4, 0.5) is 0 Å².